The Hall–Kier alpha value is -0.460. The van der Waals surface area contributed by atoms with E-state index in [9.17, 15) is 8.42 Å². The van der Waals surface area contributed by atoms with Gasteiger partial charge in [0.2, 0.25) is 10.0 Å². The molecule has 2 heterocycles. The quantitative estimate of drug-likeness (QED) is 0.851. The molecule has 1 atom stereocenters. The fourth-order valence-electron chi connectivity index (χ4n) is 3.54. The molecule has 2 aliphatic rings. The maximum absolute atomic E-state index is 13.0. The van der Waals surface area contributed by atoms with Crippen LogP contribution in [-0.2, 0) is 10.0 Å². The fourth-order valence-corrected chi connectivity index (χ4v) is 6.78. The Morgan fingerprint density at radius 3 is 2.52 bits per heavy atom. The summed E-state index contributed by atoms with van der Waals surface area (Å²) >= 11 is 1.64. The number of aromatic nitrogens is 1. The number of aryl methyl sites for hydroxylation is 1. The van der Waals surface area contributed by atoms with Gasteiger partial charge in [0.05, 0.1) is 11.3 Å². The van der Waals surface area contributed by atoms with Crippen LogP contribution in [-0.4, -0.2) is 29.5 Å². The molecule has 0 amide bonds. The van der Waals surface area contributed by atoms with E-state index in [2.05, 4.69) is 4.98 Å². The van der Waals surface area contributed by atoms with Crippen LogP contribution in [0.1, 0.15) is 67.3 Å². The number of hydrogen-bond donors (Lipinski definition) is 0. The van der Waals surface area contributed by atoms with Crippen LogP contribution in [0.3, 0.4) is 0 Å². The molecule has 1 saturated carbocycles. The molecule has 1 aromatic rings. The van der Waals surface area contributed by atoms with Crippen LogP contribution >= 0.6 is 11.3 Å². The molecule has 0 aromatic carbocycles. The lowest BCUT2D eigenvalue weighted by Gasteiger charge is -2.37. The zero-order valence-electron chi connectivity index (χ0n) is 12.6. The first kappa shape index (κ1) is 15.4. The van der Waals surface area contributed by atoms with E-state index in [4.69, 9.17) is 0 Å². The van der Waals surface area contributed by atoms with Crippen LogP contribution < -0.4 is 0 Å². The molecule has 0 unspecified atom stereocenters. The molecular formula is C15H24N2O2S2. The second kappa shape index (κ2) is 6.34. The largest absolute Gasteiger partial charge is 0.248 e. The second-order valence-corrected chi connectivity index (χ2v) is 9.67. The highest BCUT2D eigenvalue weighted by Gasteiger charge is 2.39. The van der Waals surface area contributed by atoms with Gasteiger partial charge in [-0.1, -0.05) is 25.7 Å². The van der Waals surface area contributed by atoms with Crippen LogP contribution in [0.4, 0.5) is 0 Å². The first-order valence-electron chi connectivity index (χ1n) is 8.02. The summed E-state index contributed by atoms with van der Waals surface area (Å²) in [5.74, 6) is 0. The van der Waals surface area contributed by atoms with Crippen molar-refractivity contribution in [1.29, 1.82) is 0 Å². The van der Waals surface area contributed by atoms with Crippen LogP contribution in [0, 0.1) is 6.92 Å². The summed E-state index contributed by atoms with van der Waals surface area (Å²) in [7, 11) is -3.17. The summed E-state index contributed by atoms with van der Waals surface area (Å²) in [6, 6.07) is -0.0237. The van der Waals surface area contributed by atoms with Gasteiger partial charge in [0.1, 0.15) is 5.01 Å². The van der Waals surface area contributed by atoms with Crippen LogP contribution in [0.2, 0.25) is 0 Å². The molecule has 118 valence electrons. The minimum Gasteiger partial charge on any atom is -0.248 e. The first-order chi connectivity index (χ1) is 10.1. The highest BCUT2D eigenvalue weighted by atomic mass is 32.2. The molecule has 3 rings (SSSR count). The fraction of sp³-hybridized carbons (Fsp3) is 0.800. The SMILES string of the molecule is Cc1cnc([C@@H]2CCCCN2S(=O)(=O)C2CCCCC2)s1. The first-order valence-corrected chi connectivity index (χ1v) is 10.3. The monoisotopic (exact) mass is 328 g/mol. The number of sulfonamides is 1. The van der Waals surface area contributed by atoms with Gasteiger partial charge in [0.25, 0.3) is 0 Å². The average Bonchev–Trinajstić information content (AvgIpc) is 2.95. The Bertz CT molecular complexity index is 576. The zero-order chi connectivity index (χ0) is 14.9. The summed E-state index contributed by atoms with van der Waals surface area (Å²) < 4.78 is 27.9. The third kappa shape index (κ3) is 3.17. The maximum atomic E-state index is 13.0. The number of hydrogen-bond acceptors (Lipinski definition) is 4. The maximum Gasteiger partial charge on any atom is 0.217 e. The van der Waals surface area contributed by atoms with Gasteiger partial charge in [-0.3, -0.25) is 0 Å². The smallest absolute Gasteiger partial charge is 0.217 e. The predicted octanol–water partition coefficient (Wildman–Crippen LogP) is 3.64. The van der Waals surface area contributed by atoms with Crippen molar-refractivity contribution in [3.8, 4) is 0 Å². The molecule has 21 heavy (non-hydrogen) atoms. The lowest BCUT2D eigenvalue weighted by atomic mass is 10.0. The van der Waals surface area contributed by atoms with Crippen molar-refractivity contribution in [3.05, 3.63) is 16.1 Å². The summed E-state index contributed by atoms with van der Waals surface area (Å²) in [5, 5.41) is 0.819. The molecule has 0 radical (unpaired) electrons. The van der Waals surface area contributed by atoms with Crippen molar-refractivity contribution in [2.45, 2.75) is 69.6 Å². The van der Waals surface area contributed by atoms with Gasteiger partial charge in [0, 0.05) is 17.6 Å². The van der Waals surface area contributed by atoms with Gasteiger partial charge < -0.3 is 0 Å². The molecule has 0 N–H and O–H groups in total. The zero-order valence-corrected chi connectivity index (χ0v) is 14.3. The third-order valence-electron chi connectivity index (χ3n) is 4.68. The van der Waals surface area contributed by atoms with Crippen molar-refractivity contribution < 1.29 is 8.42 Å². The van der Waals surface area contributed by atoms with Crippen molar-refractivity contribution in [3.63, 3.8) is 0 Å². The molecule has 1 saturated heterocycles. The van der Waals surface area contributed by atoms with Gasteiger partial charge in [-0.2, -0.15) is 4.31 Å². The molecule has 6 heteroatoms. The van der Waals surface area contributed by atoms with Gasteiger partial charge in [-0.05, 0) is 32.6 Å². The minimum atomic E-state index is -3.17. The van der Waals surface area contributed by atoms with E-state index in [0.29, 0.717) is 6.54 Å². The van der Waals surface area contributed by atoms with Crippen LogP contribution in [0.5, 0.6) is 0 Å². The van der Waals surface area contributed by atoms with Crippen molar-refractivity contribution in [2.24, 2.45) is 0 Å². The van der Waals surface area contributed by atoms with Crippen molar-refractivity contribution >= 4 is 21.4 Å². The summed E-state index contributed by atoms with van der Waals surface area (Å²) in [4.78, 5) is 5.62. The van der Waals surface area contributed by atoms with Crippen molar-refractivity contribution in [1.82, 2.24) is 9.29 Å². The van der Waals surface area contributed by atoms with E-state index < -0.39 is 10.0 Å². The van der Waals surface area contributed by atoms with E-state index >= 15 is 0 Å². The highest BCUT2D eigenvalue weighted by molar-refractivity contribution is 7.89. The van der Waals surface area contributed by atoms with Gasteiger partial charge in [0.15, 0.2) is 0 Å². The van der Waals surface area contributed by atoms with E-state index in [1.54, 1.807) is 15.6 Å². The Morgan fingerprint density at radius 2 is 1.86 bits per heavy atom. The lowest BCUT2D eigenvalue weighted by Crippen LogP contribution is -2.44. The highest BCUT2D eigenvalue weighted by Crippen LogP contribution is 2.38. The Morgan fingerprint density at radius 1 is 1.14 bits per heavy atom. The standard InChI is InChI=1S/C15H24N2O2S2/c1-12-11-16-15(20-12)14-9-5-6-10-17(14)21(18,19)13-7-3-2-4-8-13/h11,13-14H,2-10H2,1H3/t14-/m0/s1. The molecule has 0 bridgehead atoms. The van der Waals surface area contributed by atoms with Crippen LogP contribution in [0.25, 0.3) is 0 Å². The van der Waals surface area contributed by atoms with Gasteiger partial charge in [-0.15, -0.1) is 11.3 Å². The second-order valence-electron chi connectivity index (χ2n) is 6.24. The van der Waals surface area contributed by atoms with Crippen LogP contribution in [0.15, 0.2) is 6.20 Å². The number of piperidine rings is 1. The summed E-state index contributed by atoms with van der Waals surface area (Å²) in [5.41, 5.74) is 0. The number of thiazole rings is 1. The van der Waals surface area contributed by atoms with E-state index in [-0.39, 0.29) is 11.3 Å². The number of nitrogens with zero attached hydrogens (tertiary/aromatic N) is 2. The average molecular weight is 329 g/mol. The summed E-state index contributed by atoms with van der Waals surface area (Å²) in [6.45, 7) is 2.70. The normalized spacial score (nSPS) is 26.0. The van der Waals surface area contributed by atoms with Gasteiger partial charge >= 0.3 is 0 Å². The predicted molar refractivity (Wildman–Crippen MR) is 85.9 cm³/mol. The van der Waals surface area contributed by atoms with Gasteiger partial charge in [-0.25, -0.2) is 13.4 Å². The lowest BCUT2D eigenvalue weighted by molar-refractivity contribution is 0.250. The molecule has 1 aromatic heterocycles. The van der Waals surface area contributed by atoms with Crippen molar-refractivity contribution in [2.75, 3.05) is 6.54 Å². The van der Waals surface area contributed by atoms with E-state index in [1.165, 1.54) is 6.42 Å². The Labute approximate surface area is 131 Å². The molecule has 0 spiro atoms. The summed E-state index contributed by atoms with van der Waals surface area (Å²) in [6.07, 6.45) is 9.81. The molecule has 1 aliphatic carbocycles. The topological polar surface area (TPSA) is 50.3 Å². The Kier molecular flexibility index (Phi) is 4.66. The van der Waals surface area contributed by atoms with E-state index in [1.807, 2.05) is 13.1 Å². The Balaban J connectivity index is 1.86. The molecular weight excluding hydrogens is 304 g/mol. The minimum absolute atomic E-state index is 0.0237. The third-order valence-corrected chi connectivity index (χ3v) is 8.10. The van der Waals surface area contributed by atoms with E-state index in [0.717, 1.165) is 54.8 Å². The number of rotatable bonds is 3. The molecule has 1 aliphatic heterocycles. The molecule has 2 fully saturated rings. The molecule has 4 nitrogen and oxygen atoms in total.